The number of ether oxygens (including phenoxy) is 1. The number of carboxylic acids is 1. The lowest BCUT2D eigenvalue weighted by Crippen LogP contribution is -2.41. The van der Waals surface area contributed by atoms with Crippen LogP contribution in [-0.4, -0.2) is 15.9 Å². The molecule has 1 aromatic carbocycles. The molecule has 0 radical (unpaired) electrons. The van der Waals surface area contributed by atoms with E-state index in [9.17, 15) is 9.90 Å². The van der Waals surface area contributed by atoms with E-state index in [1.165, 1.54) is 16.7 Å². The highest BCUT2D eigenvalue weighted by atomic mass is 79.9. The Morgan fingerprint density at radius 1 is 1.30 bits per heavy atom. The fraction of sp³-hybridized carbons (Fsp3) is 0.500. The topological polar surface area (TPSA) is 46.5 Å². The van der Waals surface area contributed by atoms with Crippen LogP contribution in [0.25, 0.3) is 0 Å². The van der Waals surface area contributed by atoms with Gasteiger partial charge in [0.1, 0.15) is 5.75 Å². The predicted octanol–water partition coefficient (Wildman–Crippen LogP) is 7.47. The fourth-order valence-corrected chi connectivity index (χ4v) is 5.38. The van der Waals surface area contributed by atoms with Crippen molar-refractivity contribution >= 4 is 21.9 Å². The Morgan fingerprint density at radius 3 is 2.77 bits per heavy atom. The molecule has 3 nitrogen and oxygen atoms in total. The summed E-state index contributed by atoms with van der Waals surface area (Å²) in [4.78, 5) is 11.9. The van der Waals surface area contributed by atoms with Gasteiger partial charge in [0.15, 0.2) is 0 Å². The monoisotopic (exact) mass is 472 g/mol. The molecule has 0 saturated heterocycles. The van der Waals surface area contributed by atoms with Crippen molar-refractivity contribution in [2.45, 2.75) is 71.0 Å². The minimum atomic E-state index is -0.894. The largest absolute Gasteiger partial charge is 0.478 e. The molecule has 30 heavy (non-hydrogen) atoms. The average Bonchev–Trinajstić information content (AvgIpc) is 2.88. The SMILES string of the molecule is CC(C)=CCCC(C)=CCC1(C)C(Br)CCC2=COc3ccc(C(=O)O)cc3CC21. The normalized spacial score (nSPS) is 25.9. The molecule has 3 unspecified atom stereocenters. The van der Waals surface area contributed by atoms with E-state index in [-0.39, 0.29) is 5.41 Å². The van der Waals surface area contributed by atoms with Gasteiger partial charge in [0.25, 0.3) is 0 Å². The third-order valence-corrected chi connectivity index (χ3v) is 8.20. The fourth-order valence-electron chi connectivity index (χ4n) is 4.65. The second-order valence-electron chi connectivity index (χ2n) is 9.28. The molecule has 1 aliphatic heterocycles. The van der Waals surface area contributed by atoms with Crippen molar-refractivity contribution in [3.05, 3.63) is 64.5 Å². The number of allylic oxidation sites excluding steroid dienone is 5. The summed E-state index contributed by atoms with van der Waals surface area (Å²) >= 11 is 4.00. The Labute approximate surface area is 189 Å². The Bertz CT molecular complexity index is 892. The molecule has 162 valence electrons. The van der Waals surface area contributed by atoms with Crippen molar-refractivity contribution in [2.75, 3.05) is 0 Å². The van der Waals surface area contributed by atoms with E-state index >= 15 is 0 Å². The zero-order valence-electron chi connectivity index (χ0n) is 18.5. The van der Waals surface area contributed by atoms with Crippen LogP contribution >= 0.6 is 15.9 Å². The number of hydrogen-bond donors (Lipinski definition) is 1. The summed E-state index contributed by atoms with van der Waals surface area (Å²) in [5.41, 5.74) is 5.51. The number of fused-ring (bicyclic) bond motifs is 2. The van der Waals surface area contributed by atoms with Crippen LogP contribution in [0.4, 0.5) is 0 Å². The lowest BCUT2D eigenvalue weighted by Gasteiger charge is -2.46. The first-order chi connectivity index (χ1) is 14.2. The second kappa shape index (κ2) is 9.55. The van der Waals surface area contributed by atoms with Gasteiger partial charge in [0, 0.05) is 4.83 Å². The highest BCUT2D eigenvalue weighted by molar-refractivity contribution is 9.09. The van der Waals surface area contributed by atoms with Crippen LogP contribution in [0.1, 0.15) is 75.7 Å². The Hall–Kier alpha value is -1.81. The van der Waals surface area contributed by atoms with Crippen molar-refractivity contribution < 1.29 is 14.6 Å². The van der Waals surface area contributed by atoms with E-state index in [0.29, 0.717) is 16.3 Å². The molecule has 2 aliphatic rings. The van der Waals surface area contributed by atoms with Gasteiger partial charge < -0.3 is 9.84 Å². The van der Waals surface area contributed by atoms with Gasteiger partial charge in [0.2, 0.25) is 0 Å². The van der Waals surface area contributed by atoms with Crippen LogP contribution < -0.4 is 4.74 Å². The molecule has 0 aromatic heterocycles. The summed E-state index contributed by atoms with van der Waals surface area (Å²) in [6.07, 6.45) is 12.7. The molecule has 3 atom stereocenters. The molecule has 1 aromatic rings. The molecule has 0 bridgehead atoms. The molecule has 1 N–H and O–H groups in total. The van der Waals surface area contributed by atoms with Gasteiger partial charge in [-0.2, -0.15) is 0 Å². The molecular weight excluding hydrogens is 440 g/mol. The van der Waals surface area contributed by atoms with Gasteiger partial charge in [-0.05, 0) is 100.0 Å². The van der Waals surface area contributed by atoms with Crippen LogP contribution in [-0.2, 0) is 6.42 Å². The predicted molar refractivity (Wildman–Crippen MR) is 126 cm³/mol. The highest BCUT2D eigenvalue weighted by Gasteiger charge is 2.45. The first kappa shape index (κ1) is 22.9. The number of carboxylic acid groups (broad SMARTS) is 1. The number of hydrogen-bond acceptors (Lipinski definition) is 2. The minimum absolute atomic E-state index is 0.0477. The van der Waals surface area contributed by atoms with E-state index in [4.69, 9.17) is 4.74 Å². The molecule has 3 rings (SSSR count). The van der Waals surface area contributed by atoms with Crippen LogP contribution in [0.5, 0.6) is 5.75 Å². The second-order valence-corrected chi connectivity index (χ2v) is 10.4. The molecule has 1 heterocycles. The number of alkyl halides is 1. The van der Waals surface area contributed by atoms with Crippen LogP contribution in [0, 0.1) is 11.3 Å². The van der Waals surface area contributed by atoms with E-state index in [0.717, 1.165) is 49.8 Å². The Morgan fingerprint density at radius 2 is 2.07 bits per heavy atom. The van der Waals surface area contributed by atoms with Crippen molar-refractivity contribution in [1.82, 2.24) is 0 Å². The van der Waals surface area contributed by atoms with E-state index in [1.54, 1.807) is 18.2 Å². The zero-order chi connectivity index (χ0) is 21.9. The van der Waals surface area contributed by atoms with Crippen LogP contribution in [0.2, 0.25) is 0 Å². The molecule has 1 fully saturated rings. The van der Waals surface area contributed by atoms with E-state index < -0.39 is 5.97 Å². The van der Waals surface area contributed by atoms with Gasteiger partial charge in [-0.1, -0.05) is 46.2 Å². The molecule has 0 amide bonds. The number of benzene rings is 1. The third-order valence-electron chi connectivity index (χ3n) is 6.70. The van der Waals surface area contributed by atoms with Gasteiger partial charge >= 0.3 is 5.97 Å². The molecule has 1 saturated carbocycles. The van der Waals surface area contributed by atoms with E-state index in [1.807, 2.05) is 6.26 Å². The average molecular weight is 473 g/mol. The van der Waals surface area contributed by atoms with Gasteiger partial charge in [-0.3, -0.25) is 0 Å². The summed E-state index contributed by atoms with van der Waals surface area (Å²) in [6.45, 7) is 8.89. The number of rotatable bonds is 6. The Kier molecular flexibility index (Phi) is 7.28. The molecule has 1 aliphatic carbocycles. The smallest absolute Gasteiger partial charge is 0.335 e. The minimum Gasteiger partial charge on any atom is -0.478 e. The molecule has 0 spiro atoms. The summed E-state index contributed by atoms with van der Waals surface area (Å²) in [6, 6.07) is 5.20. The van der Waals surface area contributed by atoms with Crippen molar-refractivity contribution in [1.29, 1.82) is 0 Å². The first-order valence-electron chi connectivity index (χ1n) is 10.9. The summed E-state index contributed by atoms with van der Waals surface area (Å²) in [7, 11) is 0. The standard InChI is InChI=1S/C26H33BrO3/c1-17(2)6-5-7-18(3)12-13-26(4)22-15-21-14-19(25(28)29)8-10-23(21)30-16-20(22)9-11-24(26)27/h6,8,10,12,14,16,22,24H,5,7,9,11,13,15H2,1-4H3,(H,28,29). The maximum atomic E-state index is 11.5. The maximum Gasteiger partial charge on any atom is 0.335 e. The van der Waals surface area contributed by atoms with Gasteiger partial charge in [-0.15, -0.1) is 0 Å². The number of carbonyl (C=O) groups is 1. The summed E-state index contributed by atoms with van der Waals surface area (Å²) < 4.78 is 5.99. The lowest BCUT2D eigenvalue weighted by molar-refractivity contribution is 0.0696. The van der Waals surface area contributed by atoms with Crippen molar-refractivity contribution in [3.8, 4) is 5.75 Å². The van der Waals surface area contributed by atoms with Crippen LogP contribution in [0.3, 0.4) is 0 Å². The molecule has 4 heteroatoms. The Balaban J connectivity index is 1.86. The zero-order valence-corrected chi connectivity index (χ0v) is 20.1. The first-order valence-corrected chi connectivity index (χ1v) is 11.8. The molecular formula is C26H33BrO3. The number of aromatic carboxylic acids is 1. The summed E-state index contributed by atoms with van der Waals surface area (Å²) in [5, 5.41) is 9.41. The quantitative estimate of drug-likeness (QED) is 0.344. The lowest BCUT2D eigenvalue weighted by atomic mass is 9.62. The summed E-state index contributed by atoms with van der Waals surface area (Å²) in [5.74, 6) is 0.210. The van der Waals surface area contributed by atoms with Gasteiger partial charge in [-0.25, -0.2) is 4.79 Å². The van der Waals surface area contributed by atoms with Gasteiger partial charge in [0.05, 0.1) is 11.8 Å². The maximum absolute atomic E-state index is 11.5. The van der Waals surface area contributed by atoms with Crippen molar-refractivity contribution in [2.24, 2.45) is 11.3 Å². The van der Waals surface area contributed by atoms with E-state index in [2.05, 4.69) is 55.8 Å². The van der Waals surface area contributed by atoms with Crippen LogP contribution in [0.15, 0.2) is 53.3 Å². The van der Waals surface area contributed by atoms with Crippen molar-refractivity contribution in [3.63, 3.8) is 0 Å². The number of halogens is 1. The highest BCUT2D eigenvalue weighted by Crippen LogP contribution is 2.52. The third kappa shape index (κ3) is 5.08.